The van der Waals surface area contributed by atoms with Crippen molar-refractivity contribution in [3.05, 3.63) is 78.1 Å². The fourth-order valence-corrected chi connectivity index (χ4v) is 3.50. The molecule has 1 heterocycles. The quantitative estimate of drug-likeness (QED) is 0.440. The van der Waals surface area contributed by atoms with Crippen LogP contribution in [0.25, 0.3) is 27.8 Å². The number of nitrogens with zero attached hydrogens (tertiary/aromatic N) is 2. The number of ether oxygens (including phenoxy) is 1. The first kappa shape index (κ1) is 13.2. The van der Waals surface area contributed by atoms with E-state index < -0.39 is 25.4 Å². The molecule has 0 amide bonds. The fourth-order valence-electron chi connectivity index (χ4n) is 3.50. The summed E-state index contributed by atoms with van der Waals surface area (Å²) in [4.78, 5) is 4.51. The van der Waals surface area contributed by atoms with Crippen LogP contribution in [0.3, 0.4) is 0 Å². The predicted molar refractivity (Wildman–Crippen MR) is 122 cm³/mol. The molecule has 4 aromatic rings. The fraction of sp³-hybridized carbons (Fsp3) is 0.269. The van der Waals surface area contributed by atoms with Gasteiger partial charge in [-0.2, -0.15) is 0 Å². The molecule has 1 N–H and O–H groups in total. The molecule has 0 aliphatic heterocycles. The van der Waals surface area contributed by atoms with Crippen molar-refractivity contribution >= 4 is 11.0 Å². The van der Waals surface area contributed by atoms with Crippen molar-refractivity contribution in [2.45, 2.75) is 46.2 Å². The Morgan fingerprint density at radius 2 is 1.87 bits per heavy atom. The monoisotopic (exact) mass is 407 g/mol. The highest BCUT2D eigenvalue weighted by atomic mass is 16.5. The summed E-state index contributed by atoms with van der Waals surface area (Å²) in [5.41, 5.74) is 3.51. The van der Waals surface area contributed by atoms with Gasteiger partial charge in [-0.1, -0.05) is 24.3 Å². The molecule has 0 radical (unpaired) electrons. The summed E-state index contributed by atoms with van der Waals surface area (Å²) in [7, 11) is 0. The Morgan fingerprint density at radius 1 is 1.13 bits per heavy atom. The number of aromatic nitrogens is 2. The lowest BCUT2D eigenvalue weighted by Crippen LogP contribution is -2.14. The molecular weight excluding hydrogens is 372 g/mol. The zero-order valence-corrected chi connectivity index (χ0v) is 17.1. The van der Waals surface area contributed by atoms with Gasteiger partial charge in [-0.3, -0.25) is 4.57 Å². The molecule has 0 saturated heterocycles. The first-order valence-electron chi connectivity index (χ1n) is 13.1. The van der Waals surface area contributed by atoms with Gasteiger partial charge in [0.1, 0.15) is 12.1 Å². The molecule has 0 aliphatic rings. The van der Waals surface area contributed by atoms with E-state index in [4.69, 9.17) is 14.3 Å². The van der Waals surface area contributed by atoms with Gasteiger partial charge in [0.2, 0.25) is 0 Å². The molecule has 0 bridgehead atoms. The van der Waals surface area contributed by atoms with Gasteiger partial charge in [-0.15, -0.1) is 0 Å². The van der Waals surface area contributed by atoms with Crippen LogP contribution in [0.2, 0.25) is 0 Å². The summed E-state index contributed by atoms with van der Waals surface area (Å²) in [5, 5.41) is 10.5. The molecule has 30 heavy (non-hydrogen) atoms. The highest BCUT2D eigenvalue weighted by Crippen LogP contribution is 2.31. The van der Waals surface area contributed by atoms with E-state index in [0.717, 1.165) is 33.4 Å². The smallest absolute Gasteiger partial charge is 0.119 e. The van der Waals surface area contributed by atoms with E-state index in [1.165, 1.54) is 13.8 Å². The van der Waals surface area contributed by atoms with E-state index in [-0.39, 0.29) is 5.75 Å². The first-order valence-corrected chi connectivity index (χ1v) is 9.62. The molecule has 4 nitrogen and oxygen atoms in total. The maximum absolute atomic E-state index is 10.5. The second-order valence-electron chi connectivity index (χ2n) is 7.57. The van der Waals surface area contributed by atoms with E-state index in [0.29, 0.717) is 5.56 Å². The van der Waals surface area contributed by atoms with Gasteiger partial charge < -0.3 is 9.84 Å². The van der Waals surface area contributed by atoms with Crippen LogP contribution in [0.4, 0.5) is 0 Å². The molecule has 4 heteroatoms. The molecule has 154 valence electrons. The second-order valence-corrected chi connectivity index (χ2v) is 7.57. The maximum atomic E-state index is 10.5. The van der Waals surface area contributed by atoms with Gasteiger partial charge in [0.05, 0.1) is 24.1 Å². The van der Waals surface area contributed by atoms with E-state index in [2.05, 4.69) is 4.98 Å². The Labute approximate surface area is 187 Å². The third-order valence-corrected chi connectivity index (χ3v) is 5.04. The third kappa shape index (κ3) is 3.96. The van der Waals surface area contributed by atoms with Crippen LogP contribution < -0.4 is 4.74 Å². The van der Waals surface area contributed by atoms with Crippen molar-refractivity contribution in [1.29, 1.82) is 0 Å². The van der Waals surface area contributed by atoms with Crippen molar-refractivity contribution in [2.24, 2.45) is 0 Å². The third-order valence-electron chi connectivity index (χ3n) is 5.04. The average molecular weight is 408 g/mol. The van der Waals surface area contributed by atoms with Gasteiger partial charge in [0.15, 0.2) is 0 Å². The predicted octanol–water partition coefficient (Wildman–Crippen LogP) is 6.02. The number of hydrogen-bond acceptors (Lipinski definition) is 3. The van der Waals surface area contributed by atoms with Gasteiger partial charge in [0, 0.05) is 13.9 Å². The Kier molecular flexibility index (Phi) is 3.36. The molecule has 1 aromatic heterocycles. The molecule has 0 fully saturated rings. The Morgan fingerprint density at radius 3 is 2.53 bits per heavy atom. The minimum Gasteiger partial charge on any atom is -0.491 e. The van der Waals surface area contributed by atoms with E-state index in [9.17, 15) is 5.11 Å². The Balaban J connectivity index is 1.68. The lowest BCUT2D eigenvalue weighted by molar-refractivity contribution is 0.0786. The number of fused-ring (bicyclic) bond motifs is 1. The van der Waals surface area contributed by atoms with Gasteiger partial charge in [-0.25, -0.2) is 4.98 Å². The highest BCUT2D eigenvalue weighted by molar-refractivity contribution is 5.85. The molecule has 3 aromatic carbocycles. The number of aryl methyl sites for hydroxylation is 1. The van der Waals surface area contributed by atoms with E-state index >= 15 is 0 Å². The molecule has 2 atom stereocenters. The van der Waals surface area contributed by atoms with E-state index in [1.807, 2.05) is 23.6 Å². The number of hydrogen-bond donors (Lipinski definition) is 1. The maximum Gasteiger partial charge on any atom is 0.119 e. The topological polar surface area (TPSA) is 47.3 Å². The lowest BCUT2D eigenvalue weighted by atomic mass is 9.94. The Hall–Kier alpha value is -3.11. The first-order chi connectivity index (χ1) is 17.0. The van der Waals surface area contributed by atoms with Crippen LogP contribution in [0.5, 0.6) is 5.75 Å². The normalized spacial score (nSPS) is 19.8. The van der Waals surface area contributed by atoms with Gasteiger partial charge >= 0.3 is 0 Å². The number of aliphatic hydroxyl groups is 1. The molecule has 0 aliphatic carbocycles. The summed E-state index contributed by atoms with van der Waals surface area (Å²) in [6, 6.07) is 17.5. The summed E-state index contributed by atoms with van der Waals surface area (Å²) in [6.45, 7) is -0.689. The van der Waals surface area contributed by atoms with Gasteiger partial charge in [0.25, 0.3) is 0 Å². The van der Waals surface area contributed by atoms with Crippen LogP contribution in [-0.2, 0) is 5.60 Å². The summed E-state index contributed by atoms with van der Waals surface area (Å²) >= 11 is 0. The second kappa shape index (κ2) is 7.62. The van der Waals surface area contributed by atoms with Crippen LogP contribution in [0.15, 0.2) is 67.0 Å². The SMILES string of the molecule is [2H]C([2H])([2H])C([2H])(C)Oc1ccc(-n2cnc3cc(C)c(-c4ccc(C(C)(O)C([2H])([2H])[2H])cc4)cc32)cc1. The minimum atomic E-state index is -2.60. The van der Waals surface area contributed by atoms with Crippen LogP contribution in [0, 0.1) is 6.92 Å². The van der Waals surface area contributed by atoms with Crippen LogP contribution in [0.1, 0.15) is 48.3 Å². The largest absolute Gasteiger partial charge is 0.491 e. The summed E-state index contributed by atoms with van der Waals surface area (Å²) in [5.74, 6) is 0.270. The van der Waals surface area contributed by atoms with Crippen molar-refractivity contribution < 1.29 is 19.4 Å². The number of rotatable bonds is 5. The van der Waals surface area contributed by atoms with Crippen LogP contribution >= 0.6 is 0 Å². The number of imidazole rings is 1. The summed E-state index contributed by atoms with van der Waals surface area (Å²) < 4.78 is 60.6. The molecule has 4 rings (SSSR count). The standard InChI is InChI=1S/C26H28N2O2/c1-17(2)30-22-12-10-21(11-13-22)28-16-27-24-14-18(3)23(15-25(24)28)19-6-8-20(9-7-19)26(4,5)29/h6-17,29H,1-5H3/i1D3,4D3,17D. The van der Waals surface area contributed by atoms with Crippen molar-refractivity contribution in [3.8, 4) is 22.6 Å². The molecule has 2 unspecified atom stereocenters. The lowest BCUT2D eigenvalue weighted by Gasteiger charge is -2.18. The van der Waals surface area contributed by atoms with Crippen molar-refractivity contribution in [3.63, 3.8) is 0 Å². The van der Waals surface area contributed by atoms with Crippen molar-refractivity contribution in [1.82, 2.24) is 9.55 Å². The molecular formula is C26H28N2O2. The highest BCUT2D eigenvalue weighted by Gasteiger charge is 2.16. The zero-order valence-electron chi connectivity index (χ0n) is 24.1. The van der Waals surface area contributed by atoms with E-state index in [1.54, 1.807) is 54.9 Å². The summed E-state index contributed by atoms with van der Waals surface area (Å²) in [6.07, 6.45) is -0.382. The number of benzene rings is 3. The molecule has 0 spiro atoms. The van der Waals surface area contributed by atoms with Gasteiger partial charge in [-0.05, 0) is 93.1 Å². The average Bonchev–Trinajstić information content (AvgIpc) is 3.20. The minimum absolute atomic E-state index is 0.270. The molecule has 0 saturated carbocycles. The zero-order chi connectivity index (χ0) is 27.4. The Bertz CT molecular complexity index is 1420. The van der Waals surface area contributed by atoms with Crippen molar-refractivity contribution in [2.75, 3.05) is 0 Å². The van der Waals surface area contributed by atoms with Crippen LogP contribution in [-0.4, -0.2) is 20.7 Å².